The number of carbonyl (C=O) groups excluding carboxylic acids is 2. The summed E-state index contributed by atoms with van der Waals surface area (Å²) in [4.78, 5) is 26.3. The second-order valence-electron chi connectivity index (χ2n) is 5.82. The lowest BCUT2D eigenvalue weighted by Gasteiger charge is -2.07. The largest absolute Gasteiger partial charge is 0.340 e. The number of rotatable bonds is 10. The maximum absolute atomic E-state index is 11.2. The van der Waals surface area contributed by atoms with Gasteiger partial charge < -0.3 is 5.32 Å². The molecule has 3 N–H and O–H groups in total. The van der Waals surface area contributed by atoms with Crippen molar-refractivity contribution in [3.63, 3.8) is 0 Å². The van der Waals surface area contributed by atoms with Gasteiger partial charge in [-0.05, 0) is 49.1 Å². The lowest BCUT2D eigenvalue weighted by atomic mass is 10.0. The number of aromatic nitrogens is 1. The molecule has 2 rings (SSSR count). The topological polar surface area (TPSA) is 91.3 Å². The van der Waals surface area contributed by atoms with Gasteiger partial charge in [0.25, 0.3) is 0 Å². The minimum absolute atomic E-state index is 0.181. The second kappa shape index (κ2) is 10.2. The highest BCUT2D eigenvalue weighted by Gasteiger charge is 2.11. The van der Waals surface area contributed by atoms with E-state index in [1.807, 2.05) is 30.3 Å². The summed E-state index contributed by atoms with van der Waals surface area (Å²) in [6.45, 7) is 0. The van der Waals surface area contributed by atoms with Gasteiger partial charge in [-0.2, -0.15) is 0 Å². The van der Waals surface area contributed by atoms with Crippen LogP contribution in [0.2, 0.25) is 0 Å². The first-order valence-corrected chi connectivity index (χ1v) is 8.43. The highest BCUT2D eigenvalue weighted by atomic mass is 16.5. The third-order valence-corrected chi connectivity index (χ3v) is 3.87. The molecule has 2 aromatic rings. The zero-order chi connectivity index (χ0) is 17.9. The summed E-state index contributed by atoms with van der Waals surface area (Å²) < 4.78 is 0. The van der Waals surface area contributed by atoms with Crippen molar-refractivity contribution < 1.29 is 14.8 Å². The van der Waals surface area contributed by atoms with E-state index in [1.165, 1.54) is 11.0 Å². The number of aryl methyl sites for hydroxylation is 1. The average Bonchev–Trinajstić information content (AvgIpc) is 2.65. The fourth-order valence-corrected chi connectivity index (χ4v) is 2.48. The Balaban J connectivity index is 1.63. The van der Waals surface area contributed by atoms with Gasteiger partial charge in [0, 0.05) is 18.3 Å². The van der Waals surface area contributed by atoms with Gasteiger partial charge in [0.1, 0.15) is 5.82 Å². The SMILES string of the molecule is O=C(CCCCCCc1ccc(Nc2ccccn2)cc1)C(=O)NO. The second-order valence-corrected chi connectivity index (χ2v) is 5.82. The van der Waals surface area contributed by atoms with Gasteiger partial charge in [-0.1, -0.05) is 31.0 Å². The van der Waals surface area contributed by atoms with Crippen LogP contribution >= 0.6 is 0 Å². The third kappa shape index (κ3) is 6.73. The summed E-state index contributed by atoms with van der Waals surface area (Å²) in [5, 5.41) is 11.6. The Morgan fingerprint density at radius 1 is 0.960 bits per heavy atom. The molecule has 0 spiro atoms. The zero-order valence-corrected chi connectivity index (χ0v) is 14.1. The number of hydrogen-bond acceptors (Lipinski definition) is 5. The molecule has 0 fully saturated rings. The van der Waals surface area contributed by atoms with Crippen LogP contribution in [-0.4, -0.2) is 21.9 Å². The molecule has 0 saturated heterocycles. The van der Waals surface area contributed by atoms with Crippen LogP contribution in [0.15, 0.2) is 48.7 Å². The van der Waals surface area contributed by atoms with E-state index in [-0.39, 0.29) is 6.42 Å². The maximum Gasteiger partial charge on any atom is 0.310 e. The Kier molecular flexibility index (Phi) is 7.59. The minimum Gasteiger partial charge on any atom is -0.340 e. The third-order valence-electron chi connectivity index (χ3n) is 3.87. The van der Waals surface area contributed by atoms with Gasteiger partial charge in [-0.15, -0.1) is 0 Å². The highest BCUT2D eigenvalue weighted by Crippen LogP contribution is 2.16. The predicted octanol–water partition coefficient (Wildman–Crippen LogP) is 3.39. The molecule has 0 aliphatic heterocycles. The van der Waals surface area contributed by atoms with Crippen LogP contribution in [0.25, 0.3) is 0 Å². The number of amides is 1. The van der Waals surface area contributed by atoms with Crippen LogP contribution in [0.1, 0.15) is 37.7 Å². The van der Waals surface area contributed by atoms with Crippen molar-refractivity contribution >= 4 is 23.2 Å². The Hall–Kier alpha value is -2.73. The van der Waals surface area contributed by atoms with Crippen LogP contribution < -0.4 is 10.8 Å². The zero-order valence-electron chi connectivity index (χ0n) is 14.1. The van der Waals surface area contributed by atoms with E-state index >= 15 is 0 Å². The van der Waals surface area contributed by atoms with Crippen LogP contribution in [-0.2, 0) is 16.0 Å². The monoisotopic (exact) mass is 341 g/mol. The van der Waals surface area contributed by atoms with Gasteiger partial charge in [-0.25, -0.2) is 10.5 Å². The van der Waals surface area contributed by atoms with Gasteiger partial charge >= 0.3 is 5.91 Å². The summed E-state index contributed by atoms with van der Waals surface area (Å²) in [5.74, 6) is -0.683. The number of carbonyl (C=O) groups is 2. The van der Waals surface area contributed by atoms with Gasteiger partial charge in [0.05, 0.1) is 0 Å². The molecular weight excluding hydrogens is 318 g/mol. The standard InChI is InChI=1S/C19H23N3O3/c23-17(19(24)22-25)8-4-2-1-3-7-15-10-12-16(13-11-15)21-18-9-5-6-14-20-18/h5-6,9-14,25H,1-4,7-8H2,(H,20,21)(H,22,24). The van der Waals surface area contributed by atoms with E-state index in [0.717, 1.165) is 37.2 Å². The summed E-state index contributed by atoms with van der Waals surface area (Å²) in [6.07, 6.45) is 6.51. The van der Waals surface area contributed by atoms with Crippen molar-refractivity contribution in [3.8, 4) is 0 Å². The quantitative estimate of drug-likeness (QED) is 0.267. The summed E-state index contributed by atoms with van der Waals surface area (Å²) >= 11 is 0. The number of ketones is 1. The van der Waals surface area contributed by atoms with Crippen molar-refractivity contribution in [1.82, 2.24) is 10.5 Å². The number of pyridine rings is 1. The summed E-state index contributed by atoms with van der Waals surface area (Å²) in [5.41, 5.74) is 3.63. The fraction of sp³-hybridized carbons (Fsp3) is 0.316. The van der Waals surface area contributed by atoms with Crippen molar-refractivity contribution in [1.29, 1.82) is 0 Å². The Morgan fingerprint density at radius 2 is 1.72 bits per heavy atom. The molecule has 25 heavy (non-hydrogen) atoms. The number of unbranched alkanes of at least 4 members (excludes halogenated alkanes) is 3. The molecular formula is C19H23N3O3. The molecule has 0 radical (unpaired) electrons. The molecule has 0 aliphatic carbocycles. The Morgan fingerprint density at radius 3 is 2.40 bits per heavy atom. The van der Waals surface area contributed by atoms with Gasteiger partial charge in [0.15, 0.2) is 0 Å². The van der Waals surface area contributed by atoms with Crippen LogP contribution in [0, 0.1) is 0 Å². The Labute approximate surface area is 147 Å². The molecule has 0 unspecified atom stereocenters. The van der Waals surface area contributed by atoms with E-state index in [1.54, 1.807) is 6.20 Å². The number of nitrogens with one attached hydrogen (secondary N) is 2. The van der Waals surface area contributed by atoms with E-state index in [2.05, 4.69) is 22.4 Å². The van der Waals surface area contributed by atoms with Crippen LogP contribution in [0.3, 0.4) is 0 Å². The van der Waals surface area contributed by atoms with Crippen molar-refractivity contribution in [2.75, 3.05) is 5.32 Å². The van der Waals surface area contributed by atoms with E-state index in [9.17, 15) is 9.59 Å². The molecule has 1 aromatic heterocycles. The number of benzene rings is 1. The number of hydrogen-bond donors (Lipinski definition) is 3. The highest BCUT2D eigenvalue weighted by molar-refractivity contribution is 6.35. The fourth-order valence-electron chi connectivity index (χ4n) is 2.48. The Bertz CT molecular complexity index is 672. The number of nitrogens with zero attached hydrogens (tertiary/aromatic N) is 1. The lowest BCUT2D eigenvalue weighted by molar-refractivity contribution is -0.143. The smallest absolute Gasteiger partial charge is 0.310 e. The van der Waals surface area contributed by atoms with E-state index in [0.29, 0.717) is 6.42 Å². The lowest BCUT2D eigenvalue weighted by Crippen LogP contribution is -2.27. The molecule has 0 atom stereocenters. The van der Waals surface area contributed by atoms with Gasteiger partial charge in [-0.3, -0.25) is 14.8 Å². The number of anilines is 2. The van der Waals surface area contributed by atoms with Crippen LogP contribution in [0.5, 0.6) is 0 Å². The molecule has 0 saturated carbocycles. The molecule has 1 aromatic carbocycles. The van der Waals surface area contributed by atoms with Crippen molar-refractivity contribution in [3.05, 3.63) is 54.2 Å². The van der Waals surface area contributed by atoms with Crippen molar-refractivity contribution in [2.45, 2.75) is 38.5 Å². The van der Waals surface area contributed by atoms with Crippen molar-refractivity contribution in [2.24, 2.45) is 0 Å². The molecule has 0 aliphatic rings. The minimum atomic E-state index is -0.931. The summed E-state index contributed by atoms with van der Waals surface area (Å²) in [6, 6.07) is 14.0. The normalized spacial score (nSPS) is 10.3. The summed E-state index contributed by atoms with van der Waals surface area (Å²) in [7, 11) is 0. The average molecular weight is 341 g/mol. The molecule has 0 bridgehead atoms. The molecule has 6 nitrogen and oxygen atoms in total. The molecule has 1 amide bonds. The molecule has 132 valence electrons. The first kappa shape index (κ1) is 18.6. The predicted molar refractivity (Wildman–Crippen MR) is 95.7 cm³/mol. The van der Waals surface area contributed by atoms with Gasteiger partial charge in [0.2, 0.25) is 5.78 Å². The van der Waals surface area contributed by atoms with E-state index in [4.69, 9.17) is 5.21 Å². The number of hydroxylamine groups is 1. The first-order valence-electron chi connectivity index (χ1n) is 8.43. The van der Waals surface area contributed by atoms with E-state index < -0.39 is 11.7 Å². The van der Waals surface area contributed by atoms with Crippen LogP contribution in [0.4, 0.5) is 11.5 Å². The number of Topliss-reactive ketones (excluding diaryl/α,β-unsaturated/α-hetero) is 1. The molecule has 6 heteroatoms. The molecule has 1 heterocycles. The first-order chi connectivity index (χ1) is 12.2. The maximum atomic E-state index is 11.2.